The molecule has 0 saturated carbocycles. The highest BCUT2D eigenvalue weighted by molar-refractivity contribution is 5.94. The molecule has 0 aliphatic rings. The quantitative estimate of drug-likeness (QED) is 0.481. The van der Waals surface area contributed by atoms with Gasteiger partial charge in [-0.2, -0.15) is 0 Å². The molecule has 0 bridgehead atoms. The van der Waals surface area contributed by atoms with Gasteiger partial charge in [-0.05, 0) is 30.7 Å². The number of carbonyl (C=O) groups is 2. The number of hydrogen-bond acceptors (Lipinski definition) is 5. The van der Waals surface area contributed by atoms with E-state index in [0.717, 1.165) is 5.56 Å². The summed E-state index contributed by atoms with van der Waals surface area (Å²) < 4.78 is 10.0. The Balaban J connectivity index is 2.31. The third-order valence-corrected chi connectivity index (χ3v) is 2.87. The molecule has 23 heavy (non-hydrogen) atoms. The number of benzene rings is 2. The Bertz CT molecular complexity index is 723. The van der Waals surface area contributed by atoms with Crippen LogP contribution in [0.15, 0.2) is 53.5 Å². The van der Waals surface area contributed by atoms with E-state index in [0.29, 0.717) is 5.69 Å². The van der Waals surface area contributed by atoms with Crippen molar-refractivity contribution in [2.24, 2.45) is 4.99 Å². The Morgan fingerprint density at radius 2 is 1.87 bits per heavy atom. The average molecular weight is 311 g/mol. The Morgan fingerprint density at radius 1 is 1.13 bits per heavy atom. The summed E-state index contributed by atoms with van der Waals surface area (Å²) in [5.74, 6) is -0.897. The molecule has 0 N–H and O–H groups in total. The topological polar surface area (TPSA) is 65.0 Å². The minimum atomic E-state index is -0.555. The zero-order valence-corrected chi connectivity index (χ0v) is 13.0. The van der Waals surface area contributed by atoms with Crippen molar-refractivity contribution in [3.05, 3.63) is 59.7 Å². The van der Waals surface area contributed by atoms with Crippen LogP contribution in [0.5, 0.6) is 5.75 Å². The van der Waals surface area contributed by atoms with E-state index in [-0.39, 0.29) is 17.9 Å². The molecule has 0 atom stereocenters. The van der Waals surface area contributed by atoms with Crippen LogP contribution in [-0.2, 0) is 9.53 Å². The van der Waals surface area contributed by atoms with Gasteiger partial charge in [-0.3, -0.25) is 9.79 Å². The molecule has 0 heterocycles. The molecule has 0 unspecified atom stereocenters. The minimum absolute atomic E-state index is 0.162. The number of esters is 2. The first-order chi connectivity index (χ1) is 11.1. The van der Waals surface area contributed by atoms with E-state index < -0.39 is 11.9 Å². The van der Waals surface area contributed by atoms with Gasteiger partial charge in [0.1, 0.15) is 11.3 Å². The van der Waals surface area contributed by atoms with Gasteiger partial charge in [0.2, 0.25) is 0 Å². The number of hydrogen-bond donors (Lipinski definition) is 0. The first kappa shape index (κ1) is 16.4. The van der Waals surface area contributed by atoms with Crippen molar-refractivity contribution in [3.63, 3.8) is 0 Å². The van der Waals surface area contributed by atoms with Crippen LogP contribution in [0.3, 0.4) is 0 Å². The van der Waals surface area contributed by atoms with Gasteiger partial charge in [0.15, 0.2) is 0 Å². The first-order valence-electron chi connectivity index (χ1n) is 7.19. The molecule has 0 amide bonds. The predicted molar refractivity (Wildman–Crippen MR) is 87.4 cm³/mol. The molecular formula is C18H17NO4. The number of rotatable bonds is 5. The lowest BCUT2D eigenvalue weighted by molar-refractivity contribution is -0.131. The lowest BCUT2D eigenvalue weighted by atomic mass is 10.1. The van der Waals surface area contributed by atoms with Gasteiger partial charge in [-0.15, -0.1) is 0 Å². The van der Waals surface area contributed by atoms with Crippen molar-refractivity contribution in [2.45, 2.75) is 13.8 Å². The third kappa shape index (κ3) is 4.78. The Kier molecular flexibility index (Phi) is 5.63. The summed E-state index contributed by atoms with van der Waals surface area (Å²) in [7, 11) is 0. The lowest BCUT2D eigenvalue weighted by Gasteiger charge is -2.09. The minimum Gasteiger partial charge on any atom is -0.462 e. The highest BCUT2D eigenvalue weighted by atomic mass is 16.5. The van der Waals surface area contributed by atoms with Crippen molar-refractivity contribution in [2.75, 3.05) is 6.61 Å². The molecule has 5 heteroatoms. The smallest absolute Gasteiger partial charge is 0.342 e. The number of carbonyl (C=O) groups excluding carboxylic acids is 2. The first-order valence-corrected chi connectivity index (χ1v) is 7.19. The van der Waals surface area contributed by atoms with Crippen molar-refractivity contribution >= 4 is 23.8 Å². The van der Waals surface area contributed by atoms with Crippen LogP contribution in [0.1, 0.15) is 29.8 Å². The number of ether oxygens (including phenoxy) is 2. The van der Waals surface area contributed by atoms with Gasteiger partial charge >= 0.3 is 11.9 Å². The normalized spacial score (nSPS) is 10.5. The third-order valence-electron chi connectivity index (χ3n) is 2.87. The molecule has 2 aromatic carbocycles. The molecular weight excluding hydrogens is 294 g/mol. The molecule has 2 aromatic rings. The van der Waals surface area contributed by atoms with Gasteiger partial charge in [-0.25, -0.2) is 4.79 Å². The van der Waals surface area contributed by atoms with Gasteiger partial charge in [0.25, 0.3) is 0 Å². The molecule has 0 fully saturated rings. The van der Waals surface area contributed by atoms with E-state index in [1.165, 1.54) is 19.1 Å². The van der Waals surface area contributed by atoms with Crippen LogP contribution in [0.2, 0.25) is 0 Å². The van der Waals surface area contributed by atoms with Crippen LogP contribution >= 0.6 is 0 Å². The van der Waals surface area contributed by atoms with Crippen LogP contribution in [0.4, 0.5) is 5.69 Å². The van der Waals surface area contributed by atoms with E-state index in [1.807, 2.05) is 30.3 Å². The lowest BCUT2D eigenvalue weighted by Crippen LogP contribution is -2.10. The van der Waals surface area contributed by atoms with Crippen molar-refractivity contribution < 1.29 is 19.1 Å². The van der Waals surface area contributed by atoms with Crippen LogP contribution < -0.4 is 4.74 Å². The molecule has 0 radical (unpaired) electrons. The van der Waals surface area contributed by atoms with Crippen molar-refractivity contribution in [3.8, 4) is 5.75 Å². The van der Waals surface area contributed by atoms with Crippen molar-refractivity contribution in [1.29, 1.82) is 0 Å². The predicted octanol–water partition coefficient (Wildman–Crippen LogP) is 3.54. The zero-order chi connectivity index (χ0) is 16.7. The van der Waals surface area contributed by atoms with E-state index in [9.17, 15) is 9.59 Å². The maximum absolute atomic E-state index is 12.0. The van der Waals surface area contributed by atoms with Crippen LogP contribution in [0, 0.1) is 0 Å². The Morgan fingerprint density at radius 3 is 2.52 bits per heavy atom. The largest absolute Gasteiger partial charge is 0.462 e. The summed E-state index contributed by atoms with van der Waals surface area (Å²) in [6.07, 6.45) is 1.69. The highest BCUT2D eigenvalue weighted by Gasteiger charge is 2.16. The SMILES string of the molecule is CCOC(=O)c1cc(N=Cc2ccccc2)ccc1OC(C)=O. The van der Waals surface area contributed by atoms with E-state index in [4.69, 9.17) is 9.47 Å². The molecule has 0 aromatic heterocycles. The van der Waals surface area contributed by atoms with Crippen LogP contribution in [0.25, 0.3) is 0 Å². The second-order valence-electron chi connectivity index (χ2n) is 4.66. The van der Waals surface area contributed by atoms with Crippen molar-refractivity contribution in [1.82, 2.24) is 0 Å². The Hall–Kier alpha value is -2.95. The van der Waals surface area contributed by atoms with Gasteiger partial charge in [0.05, 0.1) is 12.3 Å². The standard InChI is InChI=1S/C18H17NO4/c1-3-22-18(21)16-11-15(9-10-17(16)23-13(2)20)19-12-14-7-5-4-6-8-14/h4-12H,3H2,1-2H3. The monoisotopic (exact) mass is 311 g/mol. The van der Waals surface area contributed by atoms with E-state index >= 15 is 0 Å². The fourth-order valence-corrected chi connectivity index (χ4v) is 1.90. The molecule has 2 rings (SSSR count). The van der Waals surface area contributed by atoms with Gasteiger partial charge in [0, 0.05) is 13.1 Å². The summed E-state index contributed by atoms with van der Waals surface area (Å²) in [5.41, 5.74) is 1.67. The fraction of sp³-hybridized carbons (Fsp3) is 0.167. The zero-order valence-electron chi connectivity index (χ0n) is 13.0. The average Bonchev–Trinajstić information content (AvgIpc) is 2.54. The maximum Gasteiger partial charge on any atom is 0.342 e. The molecule has 0 aliphatic carbocycles. The Labute approximate surface area is 134 Å². The van der Waals surface area contributed by atoms with Crippen LogP contribution in [-0.4, -0.2) is 24.8 Å². The highest BCUT2D eigenvalue weighted by Crippen LogP contribution is 2.25. The number of nitrogens with zero attached hydrogens (tertiary/aromatic N) is 1. The van der Waals surface area contributed by atoms with Gasteiger partial charge < -0.3 is 9.47 Å². The summed E-state index contributed by atoms with van der Waals surface area (Å²) in [6.45, 7) is 3.22. The second-order valence-corrected chi connectivity index (χ2v) is 4.66. The second kappa shape index (κ2) is 7.89. The van der Waals surface area contributed by atoms with Gasteiger partial charge in [-0.1, -0.05) is 30.3 Å². The fourth-order valence-electron chi connectivity index (χ4n) is 1.90. The summed E-state index contributed by atoms with van der Waals surface area (Å²) in [5, 5.41) is 0. The molecule has 118 valence electrons. The van der Waals surface area contributed by atoms with E-state index in [1.54, 1.807) is 19.2 Å². The maximum atomic E-state index is 12.0. The summed E-state index contributed by atoms with van der Waals surface area (Å²) in [6, 6.07) is 14.3. The number of aliphatic imine (C=N–C) groups is 1. The van der Waals surface area contributed by atoms with E-state index in [2.05, 4.69) is 4.99 Å². The molecule has 0 aliphatic heterocycles. The molecule has 0 saturated heterocycles. The summed E-state index contributed by atoms with van der Waals surface area (Å²) in [4.78, 5) is 27.5. The summed E-state index contributed by atoms with van der Waals surface area (Å²) >= 11 is 0. The molecule has 0 spiro atoms. The molecule has 5 nitrogen and oxygen atoms in total.